The van der Waals surface area contributed by atoms with Crippen molar-refractivity contribution in [2.24, 2.45) is 5.10 Å². The predicted molar refractivity (Wildman–Crippen MR) is 145 cm³/mol. The zero-order valence-electron chi connectivity index (χ0n) is 19.7. The molecular weight excluding hydrogens is 523 g/mol. The van der Waals surface area contributed by atoms with Crippen LogP contribution in [0, 0.1) is 6.92 Å². The smallest absolute Gasteiger partial charge is 0.260 e. The highest BCUT2D eigenvalue weighted by atomic mass is 35.5. The summed E-state index contributed by atoms with van der Waals surface area (Å²) in [6.45, 7) is 2.98. The number of amides is 2. The van der Waals surface area contributed by atoms with Gasteiger partial charge in [0.25, 0.3) is 11.8 Å². The lowest BCUT2D eigenvalue weighted by molar-refractivity contribution is -0.119. The van der Waals surface area contributed by atoms with Crippen LogP contribution in [0.15, 0.2) is 71.8 Å². The first-order valence-corrected chi connectivity index (χ1v) is 13.3. The summed E-state index contributed by atoms with van der Waals surface area (Å²) in [5.74, 6) is -0.962. The van der Waals surface area contributed by atoms with Gasteiger partial charge in [0.15, 0.2) is 0 Å². The third-order valence-corrected chi connectivity index (χ3v) is 6.89. The second kappa shape index (κ2) is 11.6. The summed E-state index contributed by atoms with van der Waals surface area (Å²) in [6.07, 6.45) is 1.01. The van der Waals surface area contributed by atoms with Crippen LogP contribution in [0.3, 0.4) is 0 Å². The van der Waals surface area contributed by atoms with Crippen molar-refractivity contribution in [3.63, 3.8) is 0 Å². The highest BCUT2D eigenvalue weighted by Gasteiger charge is 2.21. The molecule has 0 atom stereocenters. The first-order chi connectivity index (χ1) is 16.9. The molecule has 0 bridgehead atoms. The number of carbonyl (C=O) groups excluding carboxylic acids is 2. The molecule has 3 rings (SSSR count). The largest absolute Gasteiger partial charge is 0.322 e. The number of hydrazone groups is 1. The lowest BCUT2D eigenvalue weighted by atomic mass is 10.1. The van der Waals surface area contributed by atoms with Gasteiger partial charge in [0.2, 0.25) is 10.0 Å². The Morgan fingerprint density at radius 3 is 2.33 bits per heavy atom. The summed E-state index contributed by atoms with van der Waals surface area (Å²) in [4.78, 5) is 25.0. The number of benzene rings is 3. The van der Waals surface area contributed by atoms with Crippen molar-refractivity contribution in [3.05, 3.63) is 93.5 Å². The number of sulfonamides is 1. The Bertz CT molecular complexity index is 1440. The Morgan fingerprint density at radius 2 is 1.67 bits per heavy atom. The summed E-state index contributed by atoms with van der Waals surface area (Å²) in [5, 5.41) is 7.72. The second-order valence-electron chi connectivity index (χ2n) is 7.98. The van der Waals surface area contributed by atoms with Crippen LogP contribution in [0.1, 0.15) is 28.4 Å². The molecule has 0 aliphatic rings. The molecule has 2 amide bonds. The number of hydrogen-bond acceptors (Lipinski definition) is 5. The topological polar surface area (TPSA) is 108 Å². The zero-order valence-corrected chi connectivity index (χ0v) is 22.1. The van der Waals surface area contributed by atoms with Gasteiger partial charge < -0.3 is 5.32 Å². The molecule has 8 nitrogen and oxygen atoms in total. The molecule has 0 spiro atoms. The molecule has 36 heavy (non-hydrogen) atoms. The number of halogens is 2. The minimum Gasteiger partial charge on any atom is -0.322 e. The van der Waals surface area contributed by atoms with Gasteiger partial charge >= 0.3 is 0 Å². The molecule has 0 saturated carbocycles. The standard InChI is InChI=1S/C25H24Cl2N4O4S/c1-16-10-11-22(14-23(16)27)31(36(3,34)35)15-24(32)30-29-17(2)18-6-5-9-21(13-18)28-25(33)19-7-4-8-20(26)12-19/h4-14H,15H2,1-3H3,(H,28,33)(H,30,32)/b29-17-. The fraction of sp³-hybridized carbons (Fsp3) is 0.160. The van der Waals surface area contributed by atoms with Gasteiger partial charge in [-0.15, -0.1) is 0 Å². The normalized spacial score (nSPS) is 11.6. The van der Waals surface area contributed by atoms with Crippen LogP contribution < -0.4 is 15.0 Å². The van der Waals surface area contributed by atoms with Crippen molar-refractivity contribution in [2.45, 2.75) is 13.8 Å². The van der Waals surface area contributed by atoms with Gasteiger partial charge in [0, 0.05) is 21.3 Å². The fourth-order valence-electron chi connectivity index (χ4n) is 3.17. The highest BCUT2D eigenvalue weighted by molar-refractivity contribution is 7.92. The summed E-state index contributed by atoms with van der Waals surface area (Å²) < 4.78 is 25.5. The summed E-state index contributed by atoms with van der Waals surface area (Å²) in [7, 11) is -3.76. The van der Waals surface area contributed by atoms with Gasteiger partial charge in [-0.05, 0) is 67.4 Å². The van der Waals surface area contributed by atoms with E-state index >= 15 is 0 Å². The van der Waals surface area contributed by atoms with Crippen molar-refractivity contribution in [2.75, 3.05) is 22.4 Å². The average Bonchev–Trinajstić information content (AvgIpc) is 2.82. The minimum atomic E-state index is -3.76. The first kappa shape index (κ1) is 27.2. The fourth-order valence-corrected chi connectivity index (χ4v) is 4.38. The van der Waals surface area contributed by atoms with Gasteiger partial charge in [0.1, 0.15) is 6.54 Å². The second-order valence-corrected chi connectivity index (χ2v) is 10.7. The Balaban J connectivity index is 1.70. The van der Waals surface area contributed by atoms with E-state index in [4.69, 9.17) is 23.2 Å². The Morgan fingerprint density at radius 1 is 0.972 bits per heavy atom. The molecule has 3 aromatic carbocycles. The highest BCUT2D eigenvalue weighted by Crippen LogP contribution is 2.24. The van der Waals surface area contributed by atoms with Crippen molar-refractivity contribution >= 4 is 62.1 Å². The van der Waals surface area contributed by atoms with Gasteiger partial charge in [-0.25, -0.2) is 13.8 Å². The summed E-state index contributed by atoms with van der Waals surface area (Å²) in [5.41, 5.74) is 5.46. The predicted octanol–water partition coefficient (Wildman–Crippen LogP) is 4.86. The number of hydrogen-bond donors (Lipinski definition) is 2. The monoisotopic (exact) mass is 546 g/mol. The van der Waals surface area contributed by atoms with Gasteiger partial charge in [-0.2, -0.15) is 5.10 Å². The quantitative estimate of drug-likeness (QED) is 0.310. The molecule has 0 aliphatic carbocycles. The molecule has 11 heteroatoms. The molecule has 0 fully saturated rings. The van der Waals surface area contributed by atoms with Crippen LogP contribution in [0.5, 0.6) is 0 Å². The Labute approximate surface area is 220 Å². The van der Waals surface area contributed by atoms with E-state index in [1.165, 1.54) is 6.07 Å². The maximum Gasteiger partial charge on any atom is 0.260 e. The SMILES string of the molecule is C/C(=N/NC(=O)CN(c1ccc(C)c(Cl)c1)S(C)(=O)=O)c1cccc(NC(=O)c2cccc(Cl)c2)c1. The van der Waals surface area contributed by atoms with Crippen molar-refractivity contribution in [1.82, 2.24) is 5.43 Å². The number of rotatable bonds is 8. The van der Waals surface area contributed by atoms with Gasteiger partial charge in [-0.1, -0.05) is 47.5 Å². The molecule has 2 N–H and O–H groups in total. The zero-order chi connectivity index (χ0) is 26.5. The molecule has 0 unspecified atom stereocenters. The summed E-state index contributed by atoms with van der Waals surface area (Å²) in [6, 6.07) is 18.2. The average molecular weight is 547 g/mol. The molecule has 0 heterocycles. The van der Waals surface area contributed by atoms with Crippen molar-refractivity contribution in [3.8, 4) is 0 Å². The molecule has 3 aromatic rings. The minimum absolute atomic E-state index is 0.270. The van der Waals surface area contributed by atoms with E-state index in [1.54, 1.807) is 74.5 Å². The van der Waals surface area contributed by atoms with Crippen LogP contribution in [-0.4, -0.2) is 38.7 Å². The van der Waals surface area contributed by atoms with Gasteiger partial charge in [0.05, 0.1) is 17.7 Å². The van der Waals surface area contributed by atoms with Crippen LogP contribution >= 0.6 is 23.2 Å². The summed E-state index contributed by atoms with van der Waals surface area (Å²) >= 11 is 12.1. The van der Waals surface area contributed by atoms with E-state index in [2.05, 4.69) is 15.8 Å². The third-order valence-electron chi connectivity index (χ3n) is 5.10. The number of aryl methyl sites for hydroxylation is 1. The maximum absolute atomic E-state index is 12.5. The number of carbonyl (C=O) groups is 2. The number of nitrogens with one attached hydrogen (secondary N) is 2. The van der Waals surface area contributed by atoms with E-state index in [1.807, 2.05) is 0 Å². The van der Waals surface area contributed by atoms with Crippen LogP contribution in [0.2, 0.25) is 10.0 Å². The van der Waals surface area contributed by atoms with Crippen LogP contribution in [-0.2, 0) is 14.8 Å². The lowest BCUT2D eigenvalue weighted by Gasteiger charge is -2.22. The van der Waals surface area contributed by atoms with Crippen LogP contribution in [0.4, 0.5) is 11.4 Å². The van der Waals surface area contributed by atoms with Crippen molar-refractivity contribution in [1.29, 1.82) is 0 Å². The lowest BCUT2D eigenvalue weighted by Crippen LogP contribution is -2.39. The third kappa shape index (κ3) is 7.30. The molecular formula is C25H24Cl2N4O4S. The van der Waals surface area contributed by atoms with E-state index in [0.29, 0.717) is 32.6 Å². The number of anilines is 2. The molecule has 0 aliphatic heterocycles. The Kier molecular flexibility index (Phi) is 8.73. The maximum atomic E-state index is 12.5. The van der Waals surface area contributed by atoms with Crippen LogP contribution in [0.25, 0.3) is 0 Å². The van der Waals surface area contributed by atoms with E-state index in [0.717, 1.165) is 16.1 Å². The molecule has 0 saturated heterocycles. The van der Waals surface area contributed by atoms with E-state index in [9.17, 15) is 18.0 Å². The van der Waals surface area contributed by atoms with Gasteiger partial charge in [-0.3, -0.25) is 13.9 Å². The van der Waals surface area contributed by atoms with E-state index in [-0.39, 0.29) is 11.6 Å². The Hall–Kier alpha value is -3.40. The molecule has 0 aromatic heterocycles. The molecule has 0 radical (unpaired) electrons. The molecule has 188 valence electrons. The van der Waals surface area contributed by atoms with Crippen molar-refractivity contribution < 1.29 is 18.0 Å². The number of nitrogens with zero attached hydrogens (tertiary/aromatic N) is 2. The van der Waals surface area contributed by atoms with E-state index < -0.39 is 22.5 Å². The first-order valence-electron chi connectivity index (χ1n) is 10.7.